The molecular weight excluding hydrogens is 328 g/mol. The highest BCUT2D eigenvalue weighted by Gasteiger charge is 2.09. The van der Waals surface area contributed by atoms with Crippen LogP contribution < -0.4 is 5.56 Å². The molecule has 3 N–H and O–H groups in total. The largest absolute Gasteiger partial charge is 0.507 e. The van der Waals surface area contributed by atoms with Crippen LogP contribution in [0, 0.1) is 4.77 Å². The highest BCUT2D eigenvalue weighted by molar-refractivity contribution is 9.10. The molecule has 0 atom stereocenters. The van der Waals surface area contributed by atoms with Gasteiger partial charge in [-0.15, -0.1) is 0 Å². The van der Waals surface area contributed by atoms with E-state index in [1.54, 1.807) is 18.2 Å². The average Bonchev–Trinajstić information content (AvgIpc) is 2.36. The van der Waals surface area contributed by atoms with Crippen molar-refractivity contribution in [2.75, 3.05) is 0 Å². The van der Waals surface area contributed by atoms with Crippen LogP contribution in [0.15, 0.2) is 27.5 Å². The summed E-state index contributed by atoms with van der Waals surface area (Å²) in [6.45, 7) is 1.97. The average molecular weight is 341 g/mol. The predicted molar refractivity (Wildman–Crippen MR) is 80.2 cm³/mol. The minimum Gasteiger partial charge on any atom is -0.507 e. The number of nitrogens with one attached hydrogen (secondary N) is 2. The van der Waals surface area contributed by atoms with Crippen molar-refractivity contribution in [2.45, 2.75) is 19.8 Å². The Balaban J connectivity index is 2.46. The van der Waals surface area contributed by atoms with Gasteiger partial charge in [0.2, 0.25) is 0 Å². The molecule has 1 heterocycles. The fourth-order valence-corrected chi connectivity index (χ4v) is 2.55. The number of halogens is 1. The van der Waals surface area contributed by atoms with E-state index < -0.39 is 0 Å². The number of aromatic hydroxyl groups is 1. The minimum absolute atomic E-state index is 0.162. The summed E-state index contributed by atoms with van der Waals surface area (Å²) in [5.41, 5.74) is 2.30. The molecule has 0 saturated heterocycles. The molecule has 19 heavy (non-hydrogen) atoms. The molecule has 0 bridgehead atoms. The van der Waals surface area contributed by atoms with Crippen molar-refractivity contribution in [3.8, 4) is 5.75 Å². The molecule has 0 aliphatic rings. The number of aromatic nitrogens is 2. The second kappa shape index (κ2) is 5.71. The van der Waals surface area contributed by atoms with Gasteiger partial charge < -0.3 is 10.1 Å². The van der Waals surface area contributed by atoms with E-state index in [9.17, 15) is 9.90 Å². The van der Waals surface area contributed by atoms with Gasteiger partial charge in [-0.2, -0.15) is 0 Å². The lowest BCUT2D eigenvalue weighted by atomic mass is 10.0. The van der Waals surface area contributed by atoms with Crippen LogP contribution in [-0.4, -0.2) is 15.1 Å². The second-order valence-corrected chi connectivity index (χ2v) is 5.44. The van der Waals surface area contributed by atoms with Gasteiger partial charge in [0.25, 0.3) is 5.56 Å². The monoisotopic (exact) mass is 340 g/mol. The maximum Gasteiger partial charge on any atom is 0.255 e. The van der Waals surface area contributed by atoms with Crippen molar-refractivity contribution >= 4 is 28.1 Å². The van der Waals surface area contributed by atoms with Crippen LogP contribution in [0.5, 0.6) is 5.75 Å². The first-order chi connectivity index (χ1) is 9.01. The lowest BCUT2D eigenvalue weighted by Crippen LogP contribution is -2.18. The number of aryl methyl sites for hydroxylation is 1. The van der Waals surface area contributed by atoms with Crippen LogP contribution in [0.4, 0.5) is 0 Å². The first-order valence-corrected chi connectivity index (χ1v) is 7.03. The van der Waals surface area contributed by atoms with Gasteiger partial charge in [-0.25, -0.2) is 0 Å². The fraction of sp³-hybridized carbons (Fsp3) is 0.231. The summed E-state index contributed by atoms with van der Waals surface area (Å²) in [4.78, 5) is 17.6. The number of phenols is 1. The third-order valence-electron chi connectivity index (χ3n) is 2.88. The Labute approximate surface area is 123 Å². The standard InChI is InChI=1S/C13H13BrN2O2S/c1-2-10-8(12(18)16-13(19)15-10)5-7-3-4-11(17)9(14)6-7/h3-4,6,17H,2,5H2,1H3,(H2,15,16,18,19). The van der Waals surface area contributed by atoms with Gasteiger partial charge >= 0.3 is 0 Å². The molecule has 0 fully saturated rings. The fourth-order valence-electron chi connectivity index (χ4n) is 1.91. The van der Waals surface area contributed by atoms with Gasteiger partial charge in [-0.3, -0.25) is 9.78 Å². The lowest BCUT2D eigenvalue weighted by molar-refractivity contribution is 0.471. The molecule has 0 saturated carbocycles. The number of H-pyrrole nitrogens is 2. The van der Waals surface area contributed by atoms with Crippen molar-refractivity contribution in [1.29, 1.82) is 0 Å². The maximum atomic E-state index is 12.0. The third-order valence-corrected chi connectivity index (χ3v) is 3.72. The van der Waals surface area contributed by atoms with Crippen LogP contribution in [0.1, 0.15) is 23.7 Å². The Kier molecular flexibility index (Phi) is 4.21. The lowest BCUT2D eigenvalue weighted by Gasteiger charge is -2.08. The zero-order chi connectivity index (χ0) is 14.0. The van der Waals surface area contributed by atoms with Crippen molar-refractivity contribution in [1.82, 2.24) is 9.97 Å². The molecule has 4 nitrogen and oxygen atoms in total. The van der Waals surface area contributed by atoms with E-state index >= 15 is 0 Å². The van der Waals surface area contributed by atoms with Crippen LogP contribution in [0.3, 0.4) is 0 Å². The summed E-state index contributed by atoms with van der Waals surface area (Å²) in [5.74, 6) is 0.181. The normalized spacial score (nSPS) is 10.6. The minimum atomic E-state index is -0.162. The molecular formula is C13H13BrN2O2S. The molecule has 0 radical (unpaired) electrons. The molecule has 2 aromatic rings. The number of aromatic amines is 2. The van der Waals surface area contributed by atoms with Crippen LogP contribution in [0.2, 0.25) is 0 Å². The Bertz CT molecular complexity index is 721. The van der Waals surface area contributed by atoms with Crippen LogP contribution >= 0.6 is 28.1 Å². The summed E-state index contributed by atoms with van der Waals surface area (Å²) in [6, 6.07) is 5.20. The summed E-state index contributed by atoms with van der Waals surface area (Å²) in [5, 5.41) is 9.47. The number of hydrogen-bond acceptors (Lipinski definition) is 3. The van der Waals surface area contributed by atoms with Gasteiger partial charge in [0.05, 0.1) is 4.47 Å². The van der Waals surface area contributed by atoms with E-state index in [0.717, 1.165) is 11.3 Å². The van der Waals surface area contributed by atoms with Gasteiger partial charge in [0, 0.05) is 17.7 Å². The summed E-state index contributed by atoms with van der Waals surface area (Å²) < 4.78 is 0.959. The zero-order valence-electron chi connectivity index (χ0n) is 10.3. The Morgan fingerprint density at radius 2 is 2.11 bits per heavy atom. The van der Waals surface area contributed by atoms with E-state index in [-0.39, 0.29) is 11.3 Å². The van der Waals surface area contributed by atoms with Crippen molar-refractivity contribution in [3.05, 3.63) is 54.6 Å². The molecule has 2 rings (SSSR count). The molecule has 0 spiro atoms. The van der Waals surface area contributed by atoms with Crippen LogP contribution in [0.25, 0.3) is 0 Å². The number of rotatable bonds is 3. The number of benzene rings is 1. The predicted octanol–water partition coefficient (Wildman–Crippen LogP) is 3.05. The summed E-state index contributed by atoms with van der Waals surface area (Å²) in [6.07, 6.45) is 1.20. The second-order valence-electron chi connectivity index (χ2n) is 4.18. The summed E-state index contributed by atoms with van der Waals surface area (Å²) >= 11 is 8.23. The Hall–Kier alpha value is -1.40. The molecule has 6 heteroatoms. The van der Waals surface area contributed by atoms with Crippen molar-refractivity contribution in [2.24, 2.45) is 0 Å². The van der Waals surface area contributed by atoms with E-state index in [2.05, 4.69) is 25.9 Å². The Morgan fingerprint density at radius 3 is 2.74 bits per heavy atom. The summed E-state index contributed by atoms with van der Waals surface area (Å²) in [7, 11) is 0. The SMILES string of the molecule is CCc1[nH]c(=S)[nH]c(=O)c1Cc1ccc(O)c(Br)c1. The van der Waals surface area contributed by atoms with Gasteiger partial charge in [-0.1, -0.05) is 13.0 Å². The smallest absolute Gasteiger partial charge is 0.255 e. The van der Waals surface area contributed by atoms with Gasteiger partial charge in [0.15, 0.2) is 4.77 Å². The number of phenolic OH excluding ortho intramolecular Hbond substituents is 1. The maximum absolute atomic E-state index is 12.0. The van der Waals surface area contributed by atoms with E-state index in [1.807, 2.05) is 6.92 Å². The molecule has 0 aliphatic carbocycles. The van der Waals surface area contributed by atoms with E-state index in [4.69, 9.17) is 12.2 Å². The quantitative estimate of drug-likeness (QED) is 0.752. The third kappa shape index (κ3) is 3.13. The van der Waals surface area contributed by atoms with Crippen LogP contribution in [-0.2, 0) is 12.8 Å². The van der Waals surface area contributed by atoms with Crippen molar-refractivity contribution < 1.29 is 5.11 Å². The van der Waals surface area contributed by atoms with Crippen molar-refractivity contribution in [3.63, 3.8) is 0 Å². The molecule has 0 amide bonds. The topological polar surface area (TPSA) is 68.9 Å². The molecule has 1 aromatic heterocycles. The zero-order valence-corrected chi connectivity index (χ0v) is 12.7. The molecule has 1 aromatic carbocycles. The molecule has 100 valence electrons. The van der Waals surface area contributed by atoms with E-state index in [0.29, 0.717) is 27.6 Å². The first-order valence-electron chi connectivity index (χ1n) is 5.83. The van der Waals surface area contributed by atoms with Gasteiger partial charge in [0.1, 0.15) is 5.75 Å². The van der Waals surface area contributed by atoms with E-state index in [1.165, 1.54) is 0 Å². The first kappa shape index (κ1) is 14.0. The number of hydrogen-bond donors (Lipinski definition) is 3. The highest BCUT2D eigenvalue weighted by Crippen LogP contribution is 2.25. The Morgan fingerprint density at radius 1 is 1.37 bits per heavy atom. The molecule has 0 aliphatic heterocycles. The highest BCUT2D eigenvalue weighted by atomic mass is 79.9. The van der Waals surface area contributed by atoms with Gasteiger partial charge in [-0.05, 0) is 52.3 Å². The molecule has 0 unspecified atom stereocenters.